The first-order chi connectivity index (χ1) is 14.7. The molecule has 3 unspecified atom stereocenters. The number of alkyl halides is 2. The summed E-state index contributed by atoms with van der Waals surface area (Å²) in [6, 6.07) is -1.19. The number of nitrogens with one attached hydrogen (secondary N) is 1. The number of phosphoric ester groups is 1. The number of hydrogen-bond donors (Lipinski definition) is 7. The number of amides is 2. The highest BCUT2D eigenvalue weighted by Crippen LogP contribution is 2.66. The van der Waals surface area contributed by atoms with E-state index in [1.54, 1.807) is 0 Å². The molecule has 0 aliphatic carbocycles. The van der Waals surface area contributed by atoms with Gasteiger partial charge in [0.25, 0.3) is 5.85 Å². The third kappa shape index (κ3) is 6.32. The van der Waals surface area contributed by atoms with Gasteiger partial charge in [-0.05, 0) is 18.6 Å². The van der Waals surface area contributed by atoms with E-state index in [9.17, 15) is 33.6 Å². The zero-order valence-corrected chi connectivity index (χ0v) is 19.0. The largest absolute Gasteiger partial charge is 0.490 e. The Bertz CT molecular complexity index is 990. The van der Waals surface area contributed by atoms with E-state index < -0.39 is 71.8 Å². The first-order valence-electron chi connectivity index (χ1n) is 8.36. The van der Waals surface area contributed by atoms with E-state index in [1.165, 1.54) is 0 Å². The van der Waals surface area contributed by atoms with Crippen molar-refractivity contribution in [3.8, 4) is 0 Å². The van der Waals surface area contributed by atoms with Gasteiger partial charge in [0.15, 0.2) is 12.3 Å². The second-order valence-electron chi connectivity index (χ2n) is 6.71. The summed E-state index contributed by atoms with van der Waals surface area (Å²) in [7, 11) is -17.5. The molecule has 2 amide bonds. The lowest BCUT2D eigenvalue weighted by Crippen LogP contribution is -2.57. The van der Waals surface area contributed by atoms with Crippen LogP contribution in [0.5, 0.6) is 0 Å². The summed E-state index contributed by atoms with van der Waals surface area (Å²) in [4.78, 5) is 47.9. The topological polar surface area (TPSA) is 242 Å². The SMILES string of the molecule is C=C(C)[C@]1(F)[C@H](N2C=CC(O)NC2=O)O[C@](F)(COP(=O)(O)OP(=O)(O)OP(=O)(O)O)[C@H]1O. The van der Waals surface area contributed by atoms with Gasteiger partial charge in [0.05, 0.1) is 0 Å². The molecule has 2 aliphatic rings. The lowest BCUT2D eigenvalue weighted by molar-refractivity contribution is -0.205. The summed E-state index contributed by atoms with van der Waals surface area (Å²) in [5.41, 5.74) is -3.82. The fourth-order valence-electron chi connectivity index (χ4n) is 2.75. The Kier molecular flexibility index (Phi) is 7.82. The zero-order valence-electron chi connectivity index (χ0n) is 16.3. The van der Waals surface area contributed by atoms with Crippen LogP contribution in [0.4, 0.5) is 13.6 Å². The zero-order chi connectivity index (χ0) is 25.6. The summed E-state index contributed by atoms with van der Waals surface area (Å²) in [6.07, 6.45) is -4.90. The number of aliphatic hydroxyl groups excluding tert-OH is 2. The molecule has 7 atom stereocenters. The lowest BCUT2D eigenvalue weighted by atomic mass is 9.88. The molecule has 0 radical (unpaired) electrons. The highest BCUT2D eigenvalue weighted by atomic mass is 31.3. The highest BCUT2D eigenvalue weighted by Gasteiger charge is 2.69. The van der Waals surface area contributed by atoms with Crippen molar-refractivity contribution in [2.45, 2.75) is 37.0 Å². The highest BCUT2D eigenvalue weighted by molar-refractivity contribution is 7.66. The first-order valence-corrected chi connectivity index (χ1v) is 12.9. The van der Waals surface area contributed by atoms with E-state index >= 15 is 8.78 Å². The van der Waals surface area contributed by atoms with Gasteiger partial charge in [0.2, 0.25) is 5.67 Å². The van der Waals surface area contributed by atoms with Crippen molar-refractivity contribution in [1.82, 2.24) is 10.2 Å². The molecule has 0 bridgehead atoms. The van der Waals surface area contributed by atoms with Crippen LogP contribution < -0.4 is 5.32 Å². The van der Waals surface area contributed by atoms with E-state index in [0.29, 0.717) is 4.90 Å². The summed E-state index contributed by atoms with van der Waals surface area (Å²) in [5.74, 6) is -3.71. The third-order valence-corrected chi connectivity index (χ3v) is 7.94. The number of rotatable bonds is 9. The Balaban J connectivity index is 2.26. The molecule has 0 aromatic rings. The molecule has 0 aromatic heterocycles. The molecule has 2 aliphatic heterocycles. The minimum atomic E-state index is -5.93. The molecule has 1 saturated heterocycles. The summed E-state index contributed by atoms with van der Waals surface area (Å²) in [5, 5.41) is 21.6. The number of carbonyl (C=O) groups excluding carboxylic acids is 1. The molecule has 0 spiro atoms. The van der Waals surface area contributed by atoms with E-state index in [-0.39, 0.29) is 0 Å². The third-order valence-electron chi connectivity index (χ3n) is 4.16. The van der Waals surface area contributed by atoms with E-state index in [4.69, 9.17) is 19.4 Å². The smallest absolute Gasteiger partial charge is 0.383 e. The molecule has 1 fully saturated rings. The van der Waals surface area contributed by atoms with Gasteiger partial charge in [-0.15, -0.1) is 0 Å². The Morgan fingerprint density at radius 2 is 1.79 bits per heavy atom. The van der Waals surface area contributed by atoms with Gasteiger partial charge >= 0.3 is 29.5 Å². The van der Waals surface area contributed by atoms with Crippen molar-refractivity contribution >= 4 is 29.5 Å². The number of phosphoric acid groups is 3. The second kappa shape index (κ2) is 9.17. The fourth-order valence-corrected chi connectivity index (χ4v) is 5.78. The van der Waals surface area contributed by atoms with Gasteiger partial charge < -0.3 is 39.8 Å². The second-order valence-corrected chi connectivity index (χ2v) is 11.1. The maximum atomic E-state index is 15.7. The van der Waals surface area contributed by atoms with Crippen LogP contribution in [0.1, 0.15) is 6.92 Å². The van der Waals surface area contributed by atoms with Crippen molar-refractivity contribution in [1.29, 1.82) is 0 Å². The maximum absolute atomic E-state index is 15.7. The Morgan fingerprint density at radius 3 is 2.27 bits per heavy atom. The van der Waals surface area contributed by atoms with Crippen LogP contribution in [0.3, 0.4) is 0 Å². The predicted molar refractivity (Wildman–Crippen MR) is 98.7 cm³/mol. The number of carbonyl (C=O) groups is 1. The molecule has 16 nitrogen and oxygen atoms in total. The van der Waals surface area contributed by atoms with Crippen LogP contribution in [-0.2, 0) is 31.6 Å². The van der Waals surface area contributed by atoms with E-state index in [2.05, 4.69) is 19.7 Å². The van der Waals surface area contributed by atoms with Gasteiger partial charge in [-0.2, -0.15) is 8.62 Å². The van der Waals surface area contributed by atoms with Crippen molar-refractivity contribution in [2.24, 2.45) is 0 Å². The van der Waals surface area contributed by atoms with Gasteiger partial charge in [-0.25, -0.2) is 27.3 Å². The molecule has 21 heteroatoms. The molecule has 0 saturated carbocycles. The van der Waals surface area contributed by atoms with Crippen LogP contribution in [0.25, 0.3) is 0 Å². The lowest BCUT2D eigenvalue weighted by Gasteiger charge is -2.36. The van der Waals surface area contributed by atoms with Gasteiger partial charge in [0.1, 0.15) is 12.8 Å². The Morgan fingerprint density at radius 1 is 1.21 bits per heavy atom. The van der Waals surface area contributed by atoms with Gasteiger partial charge in [0, 0.05) is 6.20 Å². The van der Waals surface area contributed by atoms with Crippen LogP contribution in [-0.4, -0.2) is 77.4 Å². The van der Waals surface area contributed by atoms with Crippen LogP contribution in [0, 0.1) is 0 Å². The minimum absolute atomic E-state index is 0.400. The summed E-state index contributed by atoms with van der Waals surface area (Å²) < 4.78 is 80.5. The minimum Gasteiger partial charge on any atom is -0.383 e. The number of halogens is 2. The van der Waals surface area contributed by atoms with Gasteiger partial charge in [-0.1, -0.05) is 6.58 Å². The number of aliphatic hydroxyl groups is 2. The van der Waals surface area contributed by atoms with Crippen LogP contribution in [0.2, 0.25) is 0 Å². The molecular formula is C12H19F2N2O14P3. The number of nitrogens with zero attached hydrogens (tertiary/aromatic N) is 1. The predicted octanol–water partition coefficient (Wildman–Crippen LogP) is -0.146. The Labute approximate surface area is 183 Å². The molecule has 33 heavy (non-hydrogen) atoms. The van der Waals surface area contributed by atoms with Crippen LogP contribution >= 0.6 is 23.5 Å². The van der Waals surface area contributed by atoms with Gasteiger partial charge in [-0.3, -0.25) is 9.42 Å². The Hall–Kier alpha value is -1.10. The summed E-state index contributed by atoms with van der Waals surface area (Å²) in [6.45, 7) is 2.39. The molecule has 0 aromatic carbocycles. The normalized spacial score (nSPS) is 36.2. The van der Waals surface area contributed by atoms with Crippen LogP contribution in [0.15, 0.2) is 24.4 Å². The molecule has 7 N–H and O–H groups in total. The van der Waals surface area contributed by atoms with E-state index in [0.717, 1.165) is 19.2 Å². The van der Waals surface area contributed by atoms with Crippen molar-refractivity contribution in [3.05, 3.63) is 24.4 Å². The molecule has 2 rings (SSSR count). The number of ether oxygens (including phenoxy) is 1. The first kappa shape index (κ1) is 28.1. The maximum Gasteiger partial charge on any atom is 0.490 e. The molecule has 2 heterocycles. The van der Waals surface area contributed by atoms with Crippen molar-refractivity contribution in [2.75, 3.05) is 6.61 Å². The van der Waals surface area contributed by atoms with Crippen molar-refractivity contribution in [3.63, 3.8) is 0 Å². The van der Waals surface area contributed by atoms with Crippen molar-refractivity contribution < 1.29 is 74.9 Å². The molecular weight excluding hydrogens is 527 g/mol. The average Bonchev–Trinajstić information content (AvgIpc) is 2.80. The monoisotopic (exact) mass is 546 g/mol. The quantitative estimate of drug-likeness (QED) is 0.147. The molecule has 190 valence electrons. The fraction of sp³-hybridized carbons (Fsp3) is 0.583. The standard InChI is InChI=1S/C12H19F2N2O14P3/c1-6(2)12(14)8(18)11(13,28-9(12)16-4-3-7(17)15-10(16)19)5-27-32(23,24)30-33(25,26)29-31(20,21)22/h3-4,7-9,17-18H,1,5H2,2H3,(H,15,19)(H,23,24)(H,25,26)(H2,20,21,22)/t7?,8-,9-,11-,12-/m1/s1. The number of urea groups is 1. The van der Waals surface area contributed by atoms with E-state index in [1.807, 2.05) is 5.32 Å². The average molecular weight is 546 g/mol. The number of hydrogen-bond acceptors (Lipinski definition) is 10. The summed E-state index contributed by atoms with van der Waals surface area (Å²) >= 11 is 0.